The van der Waals surface area contributed by atoms with E-state index in [0.29, 0.717) is 11.7 Å². The van der Waals surface area contributed by atoms with Crippen LogP contribution in [0.2, 0.25) is 0 Å². The maximum atomic E-state index is 12.1. The number of rotatable bonds is 4. The molecule has 0 aliphatic heterocycles. The summed E-state index contributed by atoms with van der Waals surface area (Å²) in [7, 11) is 0. The van der Waals surface area contributed by atoms with Gasteiger partial charge in [0.05, 0.1) is 5.92 Å². The van der Waals surface area contributed by atoms with E-state index in [9.17, 15) is 4.79 Å². The summed E-state index contributed by atoms with van der Waals surface area (Å²) >= 11 is 5.14. The van der Waals surface area contributed by atoms with E-state index in [2.05, 4.69) is 16.2 Å². The number of hydrogen-bond acceptors (Lipinski definition) is 2. The van der Waals surface area contributed by atoms with E-state index in [0.717, 1.165) is 11.1 Å². The highest BCUT2D eigenvalue weighted by atomic mass is 32.1. The van der Waals surface area contributed by atoms with Gasteiger partial charge in [0.1, 0.15) is 0 Å². The Labute approximate surface area is 135 Å². The second-order valence-corrected chi connectivity index (χ2v) is 5.32. The number of carbonyl (C=O) groups is 1. The van der Waals surface area contributed by atoms with Gasteiger partial charge in [-0.3, -0.25) is 15.6 Å². The molecule has 0 aromatic heterocycles. The molecule has 4 nitrogen and oxygen atoms in total. The fourth-order valence-electron chi connectivity index (χ4n) is 1.94. The lowest BCUT2D eigenvalue weighted by Gasteiger charge is -2.15. The second kappa shape index (κ2) is 8.14. The van der Waals surface area contributed by atoms with Crippen LogP contribution in [-0.4, -0.2) is 11.0 Å². The van der Waals surface area contributed by atoms with Crippen molar-refractivity contribution >= 4 is 23.2 Å². The minimum absolute atomic E-state index is 0.130. The number of benzene rings is 2. The first-order valence-corrected chi connectivity index (χ1v) is 7.50. The number of hydrazine groups is 1. The molecule has 0 radical (unpaired) electrons. The van der Waals surface area contributed by atoms with E-state index in [-0.39, 0.29) is 11.8 Å². The summed E-state index contributed by atoms with van der Waals surface area (Å²) in [4.78, 5) is 12.1. The summed E-state index contributed by atoms with van der Waals surface area (Å²) in [6, 6.07) is 19.5. The fraction of sp³-hybridized carbons (Fsp3) is 0.176. The Morgan fingerprint density at radius 3 is 2.23 bits per heavy atom. The fourth-order valence-corrected chi connectivity index (χ4v) is 2.07. The lowest BCUT2D eigenvalue weighted by molar-refractivity contribution is -0.122. The summed E-state index contributed by atoms with van der Waals surface area (Å²) in [6.45, 7) is 2.46. The SMILES string of the molecule is CC(C(=O)NNC(=S)NCc1ccccc1)c1ccccc1. The molecule has 0 saturated heterocycles. The highest BCUT2D eigenvalue weighted by molar-refractivity contribution is 7.80. The lowest BCUT2D eigenvalue weighted by Crippen LogP contribution is -2.47. The van der Waals surface area contributed by atoms with E-state index < -0.39 is 0 Å². The summed E-state index contributed by atoms with van der Waals surface area (Å²) < 4.78 is 0. The molecule has 1 amide bonds. The van der Waals surface area contributed by atoms with Gasteiger partial charge in [0.25, 0.3) is 0 Å². The van der Waals surface area contributed by atoms with E-state index in [1.807, 2.05) is 67.6 Å². The molecule has 0 bridgehead atoms. The van der Waals surface area contributed by atoms with Gasteiger partial charge in [-0.15, -0.1) is 0 Å². The van der Waals surface area contributed by atoms with Gasteiger partial charge in [-0.2, -0.15) is 0 Å². The van der Waals surface area contributed by atoms with Crippen LogP contribution in [0.25, 0.3) is 0 Å². The van der Waals surface area contributed by atoms with Crippen molar-refractivity contribution in [2.24, 2.45) is 0 Å². The van der Waals surface area contributed by atoms with Gasteiger partial charge in [0.15, 0.2) is 5.11 Å². The van der Waals surface area contributed by atoms with Crippen molar-refractivity contribution in [3.8, 4) is 0 Å². The zero-order chi connectivity index (χ0) is 15.8. The predicted octanol–water partition coefficient (Wildman–Crippen LogP) is 2.49. The Bertz CT molecular complexity index is 616. The van der Waals surface area contributed by atoms with E-state index in [1.54, 1.807) is 0 Å². The molecule has 22 heavy (non-hydrogen) atoms. The number of hydrogen-bond donors (Lipinski definition) is 3. The number of amides is 1. The van der Waals surface area contributed by atoms with Crippen molar-refractivity contribution in [3.05, 3.63) is 71.8 Å². The van der Waals surface area contributed by atoms with Crippen molar-refractivity contribution in [1.82, 2.24) is 16.2 Å². The van der Waals surface area contributed by atoms with Crippen LogP contribution >= 0.6 is 12.2 Å². The molecule has 5 heteroatoms. The summed E-state index contributed by atoms with van der Waals surface area (Å²) in [6.07, 6.45) is 0. The monoisotopic (exact) mass is 313 g/mol. The number of carbonyl (C=O) groups excluding carboxylic acids is 1. The van der Waals surface area contributed by atoms with Crippen molar-refractivity contribution in [2.45, 2.75) is 19.4 Å². The third kappa shape index (κ3) is 4.86. The Balaban J connectivity index is 1.75. The van der Waals surface area contributed by atoms with Gasteiger partial charge in [0, 0.05) is 6.54 Å². The highest BCUT2D eigenvalue weighted by Crippen LogP contribution is 2.13. The normalized spacial score (nSPS) is 11.3. The molecule has 0 fully saturated rings. The molecule has 2 aromatic rings. The zero-order valence-corrected chi connectivity index (χ0v) is 13.2. The van der Waals surface area contributed by atoms with Crippen molar-refractivity contribution in [2.75, 3.05) is 0 Å². The topological polar surface area (TPSA) is 53.2 Å². The van der Waals surface area contributed by atoms with Crippen LogP contribution in [0.5, 0.6) is 0 Å². The molecular weight excluding hydrogens is 294 g/mol. The first-order valence-electron chi connectivity index (χ1n) is 7.09. The first-order chi connectivity index (χ1) is 10.7. The third-order valence-electron chi connectivity index (χ3n) is 3.29. The second-order valence-electron chi connectivity index (χ2n) is 4.91. The minimum atomic E-state index is -0.245. The standard InChI is InChI=1S/C17H19N3OS/c1-13(15-10-6-3-7-11-15)16(21)19-20-17(22)18-12-14-8-4-2-5-9-14/h2-11,13H,12H2,1H3,(H,19,21)(H2,18,20,22). The van der Waals surface area contributed by atoms with Gasteiger partial charge in [0.2, 0.25) is 5.91 Å². The van der Waals surface area contributed by atoms with Gasteiger partial charge < -0.3 is 5.32 Å². The number of nitrogens with one attached hydrogen (secondary N) is 3. The van der Waals surface area contributed by atoms with Crippen molar-refractivity contribution in [1.29, 1.82) is 0 Å². The van der Waals surface area contributed by atoms with Crippen LogP contribution < -0.4 is 16.2 Å². The molecule has 1 atom stereocenters. The molecule has 0 heterocycles. The maximum absolute atomic E-state index is 12.1. The summed E-state index contributed by atoms with van der Waals surface area (Å²) in [5, 5.41) is 3.43. The molecule has 3 N–H and O–H groups in total. The third-order valence-corrected chi connectivity index (χ3v) is 3.53. The molecule has 2 rings (SSSR count). The Morgan fingerprint density at radius 2 is 1.59 bits per heavy atom. The molecule has 0 aliphatic carbocycles. The van der Waals surface area contributed by atoms with Gasteiger partial charge in [-0.05, 0) is 30.3 Å². The molecule has 2 aromatic carbocycles. The van der Waals surface area contributed by atoms with Crippen LogP contribution in [0.4, 0.5) is 0 Å². The Morgan fingerprint density at radius 1 is 1.00 bits per heavy atom. The quantitative estimate of drug-likeness (QED) is 0.600. The molecule has 0 saturated carbocycles. The van der Waals surface area contributed by atoms with E-state index in [4.69, 9.17) is 12.2 Å². The highest BCUT2D eigenvalue weighted by Gasteiger charge is 2.14. The van der Waals surface area contributed by atoms with Crippen LogP contribution in [0.3, 0.4) is 0 Å². The Hall–Kier alpha value is -2.40. The van der Waals surface area contributed by atoms with E-state index >= 15 is 0 Å². The molecule has 0 aliphatic rings. The lowest BCUT2D eigenvalue weighted by atomic mass is 10.0. The average molecular weight is 313 g/mol. The maximum Gasteiger partial charge on any atom is 0.245 e. The van der Waals surface area contributed by atoms with Crippen molar-refractivity contribution in [3.63, 3.8) is 0 Å². The smallest absolute Gasteiger partial charge is 0.245 e. The van der Waals surface area contributed by atoms with Crippen LogP contribution in [-0.2, 0) is 11.3 Å². The van der Waals surface area contributed by atoms with Crippen LogP contribution in [0.15, 0.2) is 60.7 Å². The van der Waals surface area contributed by atoms with Crippen LogP contribution in [0.1, 0.15) is 24.0 Å². The molecular formula is C17H19N3OS. The minimum Gasteiger partial charge on any atom is -0.357 e. The van der Waals surface area contributed by atoms with Gasteiger partial charge in [-0.1, -0.05) is 60.7 Å². The van der Waals surface area contributed by atoms with Crippen molar-refractivity contribution < 1.29 is 4.79 Å². The predicted molar refractivity (Wildman–Crippen MR) is 92.0 cm³/mol. The largest absolute Gasteiger partial charge is 0.357 e. The van der Waals surface area contributed by atoms with Crippen LogP contribution in [0, 0.1) is 0 Å². The van der Waals surface area contributed by atoms with Gasteiger partial charge in [-0.25, -0.2) is 0 Å². The molecule has 114 valence electrons. The number of thiocarbonyl (C=S) groups is 1. The van der Waals surface area contributed by atoms with Gasteiger partial charge >= 0.3 is 0 Å². The average Bonchev–Trinajstić information content (AvgIpc) is 2.58. The Kier molecular flexibility index (Phi) is 5.91. The summed E-state index contributed by atoms with van der Waals surface area (Å²) in [5.74, 6) is -0.374. The molecule has 0 spiro atoms. The first kappa shape index (κ1) is 16.0. The molecule has 1 unspecified atom stereocenters. The van der Waals surface area contributed by atoms with E-state index in [1.165, 1.54) is 0 Å². The zero-order valence-electron chi connectivity index (χ0n) is 12.4. The summed E-state index contributed by atoms with van der Waals surface area (Å²) in [5.41, 5.74) is 7.43.